The van der Waals surface area contributed by atoms with Crippen LogP contribution in [-0.4, -0.2) is 21.6 Å². The SMILES string of the molecule is Cc1nc(SCC(=O)Nc2ccccc2F)[nH]c(=O)c1Cc1ccc(Cl)cc1. The van der Waals surface area contributed by atoms with Crippen LogP contribution in [-0.2, 0) is 11.2 Å². The molecule has 2 aromatic carbocycles. The number of amides is 1. The minimum absolute atomic E-state index is 0.00670. The van der Waals surface area contributed by atoms with Crippen molar-refractivity contribution in [2.45, 2.75) is 18.5 Å². The van der Waals surface area contributed by atoms with E-state index in [0.29, 0.717) is 27.9 Å². The minimum atomic E-state index is -0.505. The maximum absolute atomic E-state index is 13.6. The lowest BCUT2D eigenvalue weighted by Crippen LogP contribution is -2.19. The van der Waals surface area contributed by atoms with Crippen molar-refractivity contribution in [1.82, 2.24) is 9.97 Å². The maximum Gasteiger partial charge on any atom is 0.255 e. The molecule has 0 radical (unpaired) electrons. The van der Waals surface area contributed by atoms with E-state index in [9.17, 15) is 14.0 Å². The van der Waals surface area contributed by atoms with E-state index in [-0.39, 0.29) is 22.9 Å². The summed E-state index contributed by atoms with van der Waals surface area (Å²) in [6.45, 7) is 1.75. The Kier molecular flexibility index (Phi) is 6.49. The number of halogens is 2. The van der Waals surface area contributed by atoms with Crippen LogP contribution >= 0.6 is 23.4 Å². The molecule has 0 saturated carbocycles. The Morgan fingerprint density at radius 2 is 1.93 bits per heavy atom. The van der Waals surface area contributed by atoms with Gasteiger partial charge < -0.3 is 10.3 Å². The van der Waals surface area contributed by atoms with Crippen molar-refractivity contribution >= 4 is 35.0 Å². The van der Waals surface area contributed by atoms with Crippen molar-refractivity contribution in [2.75, 3.05) is 11.1 Å². The first-order valence-electron chi connectivity index (χ1n) is 8.44. The maximum atomic E-state index is 13.6. The van der Waals surface area contributed by atoms with Gasteiger partial charge in [0.1, 0.15) is 5.82 Å². The van der Waals surface area contributed by atoms with Crippen molar-refractivity contribution in [3.63, 3.8) is 0 Å². The average Bonchev–Trinajstić information content (AvgIpc) is 2.66. The Morgan fingerprint density at radius 1 is 1.21 bits per heavy atom. The van der Waals surface area contributed by atoms with Crippen molar-refractivity contribution < 1.29 is 9.18 Å². The molecule has 144 valence electrons. The molecule has 3 rings (SSSR count). The highest BCUT2D eigenvalue weighted by Crippen LogP contribution is 2.17. The fraction of sp³-hybridized carbons (Fsp3) is 0.150. The summed E-state index contributed by atoms with van der Waals surface area (Å²) >= 11 is 6.96. The molecule has 0 aliphatic rings. The molecule has 1 amide bonds. The summed E-state index contributed by atoms with van der Waals surface area (Å²) in [7, 11) is 0. The Morgan fingerprint density at radius 3 is 2.61 bits per heavy atom. The number of nitrogens with one attached hydrogen (secondary N) is 2. The predicted molar refractivity (Wildman–Crippen MR) is 110 cm³/mol. The lowest BCUT2D eigenvalue weighted by Gasteiger charge is -2.08. The molecule has 0 saturated heterocycles. The zero-order valence-electron chi connectivity index (χ0n) is 15.0. The molecule has 0 bridgehead atoms. The van der Waals surface area contributed by atoms with Gasteiger partial charge in [0.25, 0.3) is 5.56 Å². The van der Waals surface area contributed by atoms with Crippen LogP contribution in [0.15, 0.2) is 58.5 Å². The molecule has 1 heterocycles. The molecule has 0 aliphatic heterocycles. The number of hydrogen-bond acceptors (Lipinski definition) is 4. The molecule has 5 nitrogen and oxygen atoms in total. The Balaban J connectivity index is 1.65. The molecule has 0 fully saturated rings. The van der Waals surface area contributed by atoms with Gasteiger partial charge in [0.05, 0.1) is 11.4 Å². The second kappa shape index (κ2) is 9.03. The summed E-state index contributed by atoms with van der Waals surface area (Å²) in [6.07, 6.45) is 0.435. The summed E-state index contributed by atoms with van der Waals surface area (Å²) in [4.78, 5) is 31.5. The highest BCUT2D eigenvalue weighted by atomic mass is 35.5. The van der Waals surface area contributed by atoms with Crippen LogP contribution in [0.5, 0.6) is 0 Å². The first-order valence-corrected chi connectivity index (χ1v) is 9.80. The number of aromatic nitrogens is 2. The molecule has 0 spiro atoms. The molecule has 2 N–H and O–H groups in total. The number of benzene rings is 2. The van der Waals surface area contributed by atoms with E-state index in [2.05, 4.69) is 15.3 Å². The number of hydrogen-bond donors (Lipinski definition) is 2. The van der Waals surface area contributed by atoms with Crippen molar-refractivity contribution in [1.29, 1.82) is 0 Å². The van der Waals surface area contributed by atoms with Crippen LogP contribution in [0.1, 0.15) is 16.8 Å². The number of H-pyrrole nitrogens is 1. The minimum Gasteiger partial charge on any atom is -0.323 e. The van der Waals surface area contributed by atoms with Gasteiger partial charge in [0.2, 0.25) is 5.91 Å². The van der Waals surface area contributed by atoms with Crippen LogP contribution in [0.4, 0.5) is 10.1 Å². The van der Waals surface area contributed by atoms with Gasteiger partial charge >= 0.3 is 0 Å². The van der Waals surface area contributed by atoms with Crippen molar-refractivity contribution in [2.24, 2.45) is 0 Å². The number of aromatic amines is 1. The number of thioether (sulfide) groups is 1. The fourth-order valence-corrected chi connectivity index (χ4v) is 3.38. The first-order chi connectivity index (χ1) is 13.4. The van der Waals surface area contributed by atoms with E-state index in [0.717, 1.165) is 17.3 Å². The highest BCUT2D eigenvalue weighted by molar-refractivity contribution is 7.99. The largest absolute Gasteiger partial charge is 0.323 e. The topological polar surface area (TPSA) is 74.8 Å². The van der Waals surface area contributed by atoms with Crippen molar-refractivity contribution in [3.8, 4) is 0 Å². The second-order valence-corrected chi connectivity index (χ2v) is 7.46. The fourth-order valence-electron chi connectivity index (χ4n) is 2.55. The predicted octanol–water partition coefficient (Wildman–Crippen LogP) is 4.19. The lowest BCUT2D eigenvalue weighted by atomic mass is 10.1. The molecule has 1 aromatic heterocycles. The summed E-state index contributed by atoms with van der Waals surface area (Å²) < 4.78 is 13.6. The molecule has 0 unspecified atom stereocenters. The van der Waals surface area contributed by atoms with Gasteiger partial charge in [-0.15, -0.1) is 0 Å². The molecule has 8 heteroatoms. The molecular formula is C20H17ClFN3O2S. The molecule has 28 heavy (non-hydrogen) atoms. The zero-order valence-corrected chi connectivity index (χ0v) is 16.5. The Bertz CT molecular complexity index is 1050. The monoisotopic (exact) mass is 417 g/mol. The third kappa shape index (κ3) is 5.21. The Labute approximate surface area is 170 Å². The molecule has 0 aliphatic carbocycles. The number of carbonyl (C=O) groups excluding carboxylic acids is 1. The number of nitrogens with zero attached hydrogens (tertiary/aromatic N) is 1. The van der Waals surface area contributed by atoms with Crippen LogP contribution in [0.3, 0.4) is 0 Å². The summed E-state index contributed by atoms with van der Waals surface area (Å²) in [5.74, 6) is -0.900. The zero-order chi connectivity index (χ0) is 20.1. The highest BCUT2D eigenvalue weighted by Gasteiger charge is 2.12. The third-order valence-corrected chi connectivity index (χ3v) is 5.11. The first kappa shape index (κ1) is 20.1. The lowest BCUT2D eigenvalue weighted by molar-refractivity contribution is -0.113. The van der Waals surface area contributed by atoms with Crippen LogP contribution in [0, 0.1) is 12.7 Å². The molecule has 3 aromatic rings. The van der Waals surface area contributed by atoms with E-state index in [1.807, 2.05) is 12.1 Å². The second-order valence-electron chi connectivity index (χ2n) is 6.05. The van der Waals surface area contributed by atoms with Gasteiger partial charge in [-0.1, -0.05) is 47.6 Å². The average molecular weight is 418 g/mol. The van der Waals surface area contributed by atoms with Crippen LogP contribution < -0.4 is 10.9 Å². The van der Waals surface area contributed by atoms with Gasteiger partial charge in [-0.25, -0.2) is 9.37 Å². The Hall–Kier alpha value is -2.64. The molecule has 0 atom stereocenters. The van der Waals surface area contributed by atoms with E-state index < -0.39 is 5.82 Å². The van der Waals surface area contributed by atoms with Gasteiger partial charge in [-0.05, 0) is 36.8 Å². The number of rotatable bonds is 6. The van der Waals surface area contributed by atoms with Gasteiger partial charge in [-0.3, -0.25) is 9.59 Å². The number of para-hydroxylation sites is 1. The number of carbonyl (C=O) groups is 1. The smallest absolute Gasteiger partial charge is 0.255 e. The van der Waals surface area contributed by atoms with Crippen LogP contribution in [0.2, 0.25) is 5.02 Å². The normalized spacial score (nSPS) is 10.7. The quantitative estimate of drug-likeness (QED) is 0.465. The van der Waals surface area contributed by atoms with E-state index in [1.54, 1.807) is 31.2 Å². The number of anilines is 1. The third-order valence-electron chi connectivity index (χ3n) is 3.98. The van der Waals surface area contributed by atoms with Crippen LogP contribution in [0.25, 0.3) is 0 Å². The standard InChI is InChI=1S/C20H17ClFN3O2S/c1-12-15(10-13-6-8-14(21)9-7-13)19(27)25-20(23-12)28-11-18(26)24-17-5-3-2-4-16(17)22/h2-9H,10-11H2,1H3,(H,24,26)(H,23,25,27). The van der Waals surface area contributed by atoms with Gasteiger partial charge in [-0.2, -0.15) is 0 Å². The summed E-state index contributed by atoms with van der Waals surface area (Å²) in [6, 6.07) is 13.2. The summed E-state index contributed by atoms with van der Waals surface area (Å²) in [5.41, 5.74) is 1.96. The van der Waals surface area contributed by atoms with Gasteiger partial charge in [0.15, 0.2) is 5.16 Å². The van der Waals surface area contributed by atoms with Gasteiger partial charge in [0, 0.05) is 22.7 Å². The van der Waals surface area contributed by atoms with E-state index in [4.69, 9.17) is 11.6 Å². The molecular weight excluding hydrogens is 401 g/mol. The van der Waals surface area contributed by atoms with E-state index >= 15 is 0 Å². The summed E-state index contributed by atoms with van der Waals surface area (Å²) in [5, 5.41) is 3.46. The van der Waals surface area contributed by atoms with E-state index in [1.165, 1.54) is 12.1 Å². The number of aryl methyl sites for hydroxylation is 1. The van der Waals surface area contributed by atoms with Crippen molar-refractivity contribution in [3.05, 3.63) is 86.5 Å².